The van der Waals surface area contributed by atoms with E-state index in [0.717, 1.165) is 0 Å². The first-order chi connectivity index (χ1) is 24.1. The highest BCUT2D eigenvalue weighted by molar-refractivity contribution is 6.22. The third-order valence-electron chi connectivity index (χ3n) is 11.0. The smallest absolute Gasteiger partial charge is 0.0171 e. The van der Waals surface area contributed by atoms with Crippen molar-refractivity contribution in [2.75, 3.05) is 0 Å². The van der Waals surface area contributed by atoms with Crippen LogP contribution in [-0.4, -0.2) is 0 Å². The second kappa shape index (κ2) is 10.5. The fourth-order valence-electron chi connectivity index (χ4n) is 9.07. The van der Waals surface area contributed by atoms with E-state index in [-0.39, 0.29) is 5.41 Å². The van der Waals surface area contributed by atoms with Gasteiger partial charge in [0.2, 0.25) is 0 Å². The predicted octanol–water partition coefficient (Wildman–Crippen LogP) is 13.6. The van der Waals surface area contributed by atoms with Crippen molar-refractivity contribution in [3.05, 3.63) is 181 Å². The highest BCUT2D eigenvalue weighted by atomic mass is 14.4. The molecule has 0 heteroatoms. The maximum Gasteiger partial charge on any atom is 0.0171 e. The molecule has 0 unspecified atom stereocenters. The molecule has 0 saturated carbocycles. The monoisotopic (exact) mass is 622 g/mol. The minimum absolute atomic E-state index is 0.183. The fourth-order valence-corrected chi connectivity index (χ4v) is 9.07. The van der Waals surface area contributed by atoms with Crippen molar-refractivity contribution in [3.8, 4) is 44.5 Å². The molecule has 49 heavy (non-hydrogen) atoms. The molecule has 0 fully saturated rings. The van der Waals surface area contributed by atoms with Gasteiger partial charge in [0.05, 0.1) is 0 Å². The molecule has 0 amide bonds. The zero-order chi connectivity index (χ0) is 32.7. The van der Waals surface area contributed by atoms with Gasteiger partial charge in [-0.05, 0) is 105 Å². The van der Waals surface area contributed by atoms with Crippen molar-refractivity contribution in [2.45, 2.75) is 19.3 Å². The average Bonchev–Trinajstić information content (AvgIpc) is 3.41. The molecule has 1 aliphatic carbocycles. The van der Waals surface area contributed by atoms with Crippen LogP contribution in [0.3, 0.4) is 0 Å². The maximum atomic E-state index is 2.43. The van der Waals surface area contributed by atoms with E-state index in [2.05, 4.69) is 184 Å². The molecule has 230 valence electrons. The molecular formula is C49H34. The lowest BCUT2D eigenvalue weighted by Crippen LogP contribution is -2.17. The number of benzene rings is 9. The number of fused-ring (bicyclic) bond motifs is 10. The molecule has 0 heterocycles. The average molecular weight is 623 g/mol. The van der Waals surface area contributed by atoms with Crippen LogP contribution in [0.4, 0.5) is 0 Å². The molecule has 0 saturated heterocycles. The second-order valence-corrected chi connectivity index (χ2v) is 14.0. The Kier molecular flexibility index (Phi) is 6.02. The summed E-state index contributed by atoms with van der Waals surface area (Å²) in [5.74, 6) is 0. The summed E-state index contributed by atoms with van der Waals surface area (Å²) in [6, 6.07) is 62.9. The number of hydrogen-bond donors (Lipinski definition) is 0. The molecule has 0 bridgehead atoms. The van der Waals surface area contributed by atoms with Gasteiger partial charge in [-0.3, -0.25) is 0 Å². The first-order valence-corrected chi connectivity index (χ1v) is 17.3. The van der Waals surface area contributed by atoms with Crippen LogP contribution < -0.4 is 0 Å². The van der Waals surface area contributed by atoms with Gasteiger partial charge < -0.3 is 0 Å². The Balaban J connectivity index is 1.23. The highest BCUT2D eigenvalue weighted by Gasteiger charge is 2.40. The van der Waals surface area contributed by atoms with Gasteiger partial charge in [0.25, 0.3) is 0 Å². The van der Waals surface area contributed by atoms with Crippen LogP contribution in [0.15, 0.2) is 170 Å². The molecule has 0 radical (unpaired) electrons. The van der Waals surface area contributed by atoms with Crippen LogP contribution in [-0.2, 0) is 5.41 Å². The van der Waals surface area contributed by atoms with Crippen molar-refractivity contribution < 1.29 is 0 Å². The van der Waals surface area contributed by atoms with Crippen LogP contribution in [0.1, 0.15) is 25.0 Å². The van der Waals surface area contributed by atoms with Crippen LogP contribution in [0.25, 0.3) is 87.6 Å². The fraction of sp³-hybridized carbons (Fsp3) is 0.0612. The quantitative estimate of drug-likeness (QED) is 0.136. The van der Waals surface area contributed by atoms with Gasteiger partial charge in [0.15, 0.2) is 0 Å². The van der Waals surface area contributed by atoms with E-state index >= 15 is 0 Å². The Hall–Kier alpha value is -5.98. The molecule has 1 aliphatic rings. The Morgan fingerprint density at radius 1 is 0.286 bits per heavy atom. The summed E-state index contributed by atoms with van der Waals surface area (Å²) in [7, 11) is 0. The molecule has 0 nitrogen and oxygen atoms in total. The lowest BCUT2D eigenvalue weighted by molar-refractivity contribution is 0.668. The van der Waals surface area contributed by atoms with E-state index < -0.39 is 0 Å². The Morgan fingerprint density at radius 3 is 1.31 bits per heavy atom. The minimum Gasteiger partial charge on any atom is -0.0622 e. The standard InChI is InChI=1S/C49H34/c1-49(2)47-34(28-15-29-43(47)46-37-22-8-6-20-35(37)36-21-7-13-27-42(36)48(46)49)32-18-14-19-33(30-32)45-40-25-11-9-23-38(40)44(31-16-4-3-5-17-31)39-24-10-12-26-41(39)45/h3-30H,1-2H3. The normalized spacial score (nSPS) is 13.3. The predicted molar refractivity (Wildman–Crippen MR) is 210 cm³/mol. The van der Waals surface area contributed by atoms with Crippen LogP contribution in [0.5, 0.6) is 0 Å². The van der Waals surface area contributed by atoms with Gasteiger partial charge in [-0.1, -0.05) is 178 Å². The van der Waals surface area contributed by atoms with E-state index in [9.17, 15) is 0 Å². The third-order valence-corrected chi connectivity index (χ3v) is 11.0. The number of hydrogen-bond acceptors (Lipinski definition) is 0. The highest BCUT2D eigenvalue weighted by Crippen LogP contribution is 2.57. The van der Waals surface area contributed by atoms with E-state index in [0.29, 0.717) is 0 Å². The zero-order valence-corrected chi connectivity index (χ0v) is 27.7. The topological polar surface area (TPSA) is 0 Å². The summed E-state index contributed by atoms with van der Waals surface area (Å²) in [5, 5.41) is 10.5. The molecule has 0 atom stereocenters. The lowest BCUT2D eigenvalue weighted by atomic mass is 9.76. The molecule has 0 spiro atoms. The Bertz CT molecular complexity index is 2720. The van der Waals surface area contributed by atoms with Gasteiger partial charge in [0, 0.05) is 5.41 Å². The molecule has 0 aliphatic heterocycles. The molecular weight excluding hydrogens is 589 g/mol. The van der Waals surface area contributed by atoms with Gasteiger partial charge in [-0.2, -0.15) is 0 Å². The first-order valence-electron chi connectivity index (χ1n) is 17.3. The molecule has 0 aromatic heterocycles. The third kappa shape index (κ3) is 3.98. The zero-order valence-electron chi connectivity index (χ0n) is 27.7. The minimum atomic E-state index is -0.183. The van der Waals surface area contributed by atoms with Crippen molar-refractivity contribution in [3.63, 3.8) is 0 Å². The summed E-state index contributed by atoms with van der Waals surface area (Å²) >= 11 is 0. The van der Waals surface area contributed by atoms with E-state index in [4.69, 9.17) is 0 Å². The Labute approximate surface area is 286 Å². The SMILES string of the molecule is CC1(C)c2c(-c3cccc(-c4c5ccccc5c(-c5ccccc5)c5ccccc45)c3)cccc2-c2c1c1ccccc1c1ccccc21. The molecule has 0 N–H and O–H groups in total. The van der Waals surface area contributed by atoms with Crippen LogP contribution in [0, 0.1) is 0 Å². The van der Waals surface area contributed by atoms with Gasteiger partial charge in [-0.15, -0.1) is 0 Å². The Morgan fingerprint density at radius 2 is 0.694 bits per heavy atom. The van der Waals surface area contributed by atoms with Crippen LogP contribution in [0.2, 0.25) is 0 Å². The van der Waals surface area contributed by atoms with Crippen molar-refractivity contribution in [2.24, 2.45) is 0 Å². The lowest BCUT2D eigenvalue weighted by Gasteiger charge is -2.26. The maximum absolute atomic E-state index is 2.43. The van der Waals surface area contributed by atoms with Crippen molar-refractivity contribution in [1.82, 2.24) is 0 Å². The van der Waals surface area contributed by atoms with E-state index in [1.165, 1.54) is 98.7 Å². The summed E-state index contributed by atoms with van der Waals surface area (Å²) in [4.78, 5) is 0. The van der Waals surface area contributed by atoms with Gasteiger partial charge >= 0.3 is 0 Å². The summed E-state index contributed by atoms with van der Waals surface area (Å²) in [6.07, 6.45) is 0. The van der Waals surface area contributed by atoms with E-state index in [1.54, 1.807) is 0 Å². The van der Waals surface area contributed by atoms with Gasteiger partial charge in [-0.25, -0.2) is 0 Å². The summed E-state index contributed by atoms with van der Waals surface area (Å²) < 4.78 is 0. The molecule has 10 rings (SSSR count). The molecule has 9 aromatic carbocycles. The van der Waals surface area contributed by atoms with Crippen LogP contribution >= 0.6 is 0 Å². The second-order valence-electron chi connectivity index (χ2n) is 14.0. The van der Waals surface area contributed by atoms with Gasteiger partial charge in [0.1, 0.15) is 0 Å². The van der Waals surface area contributed by atoms with E-state index in [1.807, 2.05) is 0 Å². The summed E-state index contributed by atoms with van der Waals surface area (Å²) in [6.45, 7) is 4.85. The van der Waals surface area contributed by atoms with Crippen molar-refractivity contribution >= 4 is 43.1 Å². The molecule has 9 aromatic rings. The first kappa shape index (κ1) is 28.1. The number of rotatable bonds is 3. The largest absolute Gasteiger partial charge is 0.0622 e. The summed E-state index contributed by atoms with van der Waals surface area (Å²) in [5.41, 5.74) is 13.1. The van der Waals surface area contributed by atoms with Crippen molar-refractivity contribution in [1.29, 1.82) is 0 Å².